The molecular formula is C28H43F. The fourth-order valence-electron chi connectivity index (χ4n) is 5.80. The lowest BCUT2D eigenvalue weighted by Crippen LogP contribution is -2.17. The molecule has 29 heavy (non-hydrogen) atoms. The van der Waals surface area contributed by atoms with Crippen molar-refractivity contribution in [3.63, 3.8) is 0 Å². The smallest absolute Gasteiger partial charge is 0.0827 e. The number of benzene rings is 1. The normalized spacial score (nSPS) is 28.1. The van der Waals surface area contributed by atoms with Gasteiger partial charge >= 0.3 is 0 Å². The Balaban J connectivity index is 1.31. The molecule has 162 valence electrons. The van der Waals surface area contributed by atoms with Crippen molar-refractivity contribution < 1.29 is 4.39 Å². The van der Waals surface area contributed by atoms with Gasteiger partial charge in [-0.1, -0.05) is 82.2 Å². The first-order valence-corrected chi connectivity index (χ1v) is 12.6. The lowest BCUT2D eigenvalue weighted by Gasteiger charge is -2.32. The highest BCUT2D eigenvalue weighted by atomic mass is 19.1. The molecule has 0 saturated heterocycles. The molecule has 2 saturated carbocycles. The number of allylic oxidation sites excluding steroid dienone is 1. The van der Waals surface area contributed by atoms with Gasteiger partial charge in [0.15, 0.2) is 0 Å². The average molecular weight is 399 g/mol. The number of hydrogen-bond donors (Lipinski definition) is 0. The summed E-state index contributed by atoms with van der Waals surface area (Å²) in [6.07, 6.45) is 22.5. The predicted molar refractivity (Wildman–Crippen MR) is 124 cm³/mol. The van der Waals surface area contributed by atoms with Crippen LogP contribution in [0.3, 0.4) is 0 Å². The van der Waals surface area contributed by atoms with Crippen LogP contribution in [0.2, 0.25) is 0 Å². The van der Waals surface area contributed by atoms with Gasteiger partial charge in [-0.25, -0.2) is 4.39 Å². The van der Waals surface area contributed by atoms with Crippen LogP contribution in [0.15, 0.2) is 36.7 Å². The Morgan fingerprint density at radius 1 is 0.793 bits per heavy atom. The maximum atomic E-state index is 12.1. The SMILES string of the molecule is CCCCc1ccc([C@H]2CC[C@H](CC[C@H]3CC[C@H](CCC=CF)CC3)CC2)cc1. The monoisotopic (exact) mass is 398 g/mol. The van der Waals surface area contributed by atoms with E-state index in [1.807, 2.05) is 0 Å². The number of unbranched alkanes of at least 4 members (excludes halogenated alkanes) is 1. The summed E-state index contributed by atoms with van der Waals surface area (Å²) < 4.78 is 12.1. The molecule has 0 atom stereocenters. The summed E-state index contributed by atoms with van der Waals surface area (Å²) >= 11 is 0. The summed E-state index contributed by atoms with van der Waals surface area (Å²) in [4.78, 5) is 0. The zero-order chi connectivity index (χ0) is 20.3. The molecule has 0 unspecified atom stereocenters. The van der Waals surface area contributed by atoms with E-state index in [9.17, 15) is 4.39 Å². The van der Waals surface area contributed by atoms with Crippen molar-refractivity contribution in [3.8, 4) is 0 Å². The van der Waals surface area contributed by atoms with Crippen molar-refractivity contribution in [2.24, 2.45) is 17.8 Å². The summed E-state index contributed by atoms with van der Waals surface area (Å²) in [5.41, 5.74) is 3.10. The Morgan fingerprint density at radius 3 is 1.90 bits per heavy atom. The van der Waals surface area contributed by atoms with Gasteiger partial charge in [-0.2, -0.15) is 0 Å². The van der Waals surface area contributed by atoms with Crippen molar-refractivity contribution in [1.82, 2.24) is 0 Å². The molecule has 0 aliphatic heterocycles. The molecule has 2 fully saturated rings. The Bertz CT molecular complexity index is 571. The van der Waals surface area contributed by atoms with Crippen molar-refractivity contribution in [3.05, 3.63) is 47.8 Å². The second kappa shape index (κ2) is 12.6. The molecule has 2 aliphatic rings. The summed E-state index contributed by atoms with van der Waals surface area (Å²) in [5.74, 6) is 3.60. The van der Waals surface area contributed by atoms with Gasteiger partial charge in [0.2, 0.25) is 0 Å². The van der Waals surface area contributed by atoms with Crippen molar-refractivity contribution in [2.45, 2.75) is 109 Å². The molecule has 1 aromatic carbocycles. The number of aryl methyl sites for hydroxylation is 1. The fraction of sp³-hybridized carbons (Fsp3) is 0.714. The van der Waals surface area contributed by atoms with Crippen LogP contribution in [0.4, 0.5) is 4.39 Å². The predicted octanol–water partition coefficient (Wildman–Crippen LogP) is 9.15. The molecule has 0 heterocycles. The van der Waals surface area contributed by atoms with E-state index in [4.69, 9.17) is 0 Å². The zero-order valence-electron chi connectivity index (χ0n) is 18.8. The maximum Gasteiger partial charge on any atom is 0.0827 e. The van der Waals surface area contributed by atoms with Crippen LogP contribution in [0.25, 0.3) is 0 Å². The van der Waals surface area contributed by atoms with Gasteiger partial charge in [0.05, 0.1) is 6.33 Å². The van der Waals surface area contributed by atoms with Gasteiger partial charge < -0.3 is 0 Å². The number of halogens is 1. The molecule has 0 N–H and O–H groups in total. The molecule has 0 spiro atoms. The Labute approximate surface area is 179 Å². The second-order valence-electron chi connectivity index (χ2n) is 9.97. The van der Waals surface area contributed by atoms with Crippen LogP contribution in [0.1, 0.15) is 114 Å². The maximum absolute atomic E-state index is 12.1. The van der Waals surface area contributed by atoms with E-state index in [2.05, 4.69) is 31.2 Å². The first-order valence-electron chi connectivity index (χ1n) is 12.6. The summed E-state index contributed by atoms with van der Waals surface area (Å²) in [6, 6.07) is 9.58. The van der Waals surface area contributed by atoms with Crippen molar-refractivity contribution in [2.75, 3.05) is 0 Å². The lowest BCUT2D eigenvalue weighted by molar-refractivity contribution is 0.225. The third-order valence-electron chi connectivity index (χ3n) is 7.90. The zero-order valence-corrected chi connectivity index (χ0v) is 18.8. The molecule has 3 rings (SSSR count). The molecule has 0 amide bonds. The molecule has 0 nitrogen and oxygen atoms in total. The molecule has 0 aromatic heterocycles. The first-order chi connectivity index (χ1) is 14.3. The van der Waals surface area contributed by atoms with Gasteiger partial charge in [-0.05, 0) is 86.2 Å². The van der Waals surface area contributed by atoms with Gasteiger partial charge in [-0.3, -0.25) is 0 Å². The summed E-state index contributed by atoms with van der Waals surface area (Å²) in [5, 5.41) is 0. The van der Waals surface area contributed by atoms with E-state index in [1.165, 1.54) is 95.5 Å². The first kappa shape index (κ1) is 22.6. The van der Waals surface area contributed by atoms with E-state index in [1.54, 1.807) is 11.6 Å². The second-order valence-corrected chi connectivity index (χ2v) is 9.97. The minimum atomic E-state index is 0.711. The largest absolute Gasteiger partial charge is 0.216 e. The molecular weight excluding hydrogens is 355 g/mol. The standard InChI is InChI=1S/C28H43F/c1-2-3-6-23-14-18-27(19-15-23)28-20-16-26(17-21-28)13-12-25-10-8-24(9-11-25)7-4-5-22-29/h5,14-15,18-19,22,24-26,28H,2-4,6-13,16-17,20-21H2,1H3/t24-,25-,26-,28-. The Morgan fingerprint density at radius 2 is 1.34 bits per heavy atom. The van der Waals surface area contributed by atoms with Gasteiger partial charge in [0.25, 0.3) is 0 Å². The van der Waals surface area contributed by atoms with E-state index in [0.717, 1.165) is 30.1 Å². The Kier molecular flexibility index (Phi) is 9.77. The molecule has 0 radical (unpaired) electrons. The van der Waals surface area contributed by atoms with Crippen molar-refractivity contribution in [1.29, 1.82) is 0 Å². The van der Waals surface area contributed by atoms with E-state index >= 15 is 0 Å². The lowest BCUT2D eigenvalue weighted by atomic mass is 9.74. The van der Waals surface area contributed by atoms with Gasteiger partial charge in [-0.15, -0.1) is 0 Å². The highest BCUT2D eigenvalue weighted by molar-refractivity contribution is 5.26. The minimum Gasteiger partial charge on any atom is -0.216 e. The van der Waals surface area contributed by atoms with E-state index in [-0.39, 0.29) is 0 Å². The molecule has 1 aromatic rings. The number of rotatable bonds is 10. The van der Waals surface area contributed by atoms with Gasteiger partial charge in [0, 0.05) is 0 Å². The third-order valence-corrected chi connectivity index (χ3v) is 7.90. The summed E-state index contributed by atoms with van der Waals surface area (Å²) in [6.45, 7) is 2.27. The molecule has 0 bridgehead atoms. The average Bonchev–Trinajstić information content (AvgIpc) is 2.78. The minimum absolute atomic E-state index is 0.711. The van der Waals surface area contributed by atoms with Crippen LogP contribution >= 0.6 is 0 Å². The third kappa shape index (κ3) is 7.58. The summed E-state index contributed by atoms with van der Waals surface area (Å²) in [7, 11) is 0. The van der Waals surface area contributed by atoms with E-state index in [0.29, 0.717) is 6.33 Å². The highest BCUT2D eigenvalue weighted by Gasteiger charge is 2.25. The quantitative estimate of drug-likeness (QED) is 0.368. The molecule has 2 aliphatic carbocycles. The van der Waals surface area contributed by atoms with Crippen LogP contribution in [0, 0.1) is 17.8 Å². The topological polar surface area (TPSA) is 0 Å². The van der Waals surface area contributed by atoms with Gasteiger partial charge in [0.1, 0.15) is 0 Å². The highest BCUT2D eigenvalue weighted by Crippen LogP contribution is 2.40. The fourth-order valence-corrected chi connectivity index (χ4v) is 5.80. The van der Waals surface area contributed by atoms with Crippen LogP contribution in [0.5, 0.6) is 0 Å². The number of hydrogen-bond acceptors (Lipinski definition) is 0. The van der Waals surface area contributed by atoms with Crippen LogP contribution in [-0.4, -0.2) is 0 Å². The van der Waals surface area contributed by atoms with Crippen LogP contribution in [-0.2, 0) is 6.42 Å². The van der Waals surface area contributed by atoms with E-state index < -0.39 is 0 Å². The Hall–Kier alpha value is -1.11. The van der Waals surface area contributed by atoms with Crippen molar-refractivity contribution >= 4 is 0 Å². The van der Waals surface area contributed by atoms with Crippen LogP contribution < -0.4 is 0 Å². The molecule has 1 heteroatoms.